The monoisotopic (exact) mass is 235 g/mol. The van der Waals surface area contributed by atoms with Crippen molar-refractivity contribution in [1.82, 2.24) is 4.98 Å². The Bertz CT molecular complexity index is 396. The highest BCUT2D eigenvalue weighted by Crippen LogP contribution is 2.27. The van der Waals surface area contributed by atoms with Gasteiger partial charge in [-0.1, -0.05) is 11.6 Å². The molecule has 3 nitrogen and oxygen atoms in total. The molecule has 15 heavy (non-hydrogen) atoms. The fourth-order valence-electron chi connectivity index (χ4n) is 1.21. The maximum absolute atomic E-state index is 12.4. The number of aromatic nitrogens is 1. The second-order valence-electron chi connectivity index (χ2n) is 2.98. The summed E-state index contributed by atoms with van der Waals surface area (Å²) in [5, 5.41) is 8.53. The normalized spacial score (nSPS) is 10.7. The molecule has 0 aromatic carbocycles. The van der Waals surface area contributed by atoms with E-state index in [1.165, 1.54) is 6.92 Å². The topological polar surface area (TPSA) is 50.2 Å². The minimum atomic E-state index is -2.68. The number of rotatable bonds is 3. The third-order valence-electron chi connectivity index (χ3n) is 2.01. The highest BCUT2D eigenvalue weighted by atomic mass is 35.5. The van der Waals surface area contributed by atoms with Crippen LogP contribution < -0.4 is 0 Å². The number of nitrogens with zero attached hydrogens (tertiary/aromatic N) is 1. The lowest BCUT2D eigenvalue weighted by atomic mass is 10.0. The summed E-state index contributed by atoms with van der Waals surface area (Å²) in [6.45, 7) is 1.41. The quantitative estimate of drug-likeness (QED) is 0.820. The smallest absolute Gasteiger partial charge is 0.307 e. The third kappa shape index (κ3) is 2.62. The first kappa shape index (κ1) is 11.8. The fraction of sp³-hybridized carbons (Fsp3) is 0.333. The Balaban J connectivity index is 3.23. The zero-order valence-electron chi connectivity index (χ0n) is 7.80. The van der Waals surface area contributed by atoms with Gasteiger partial charge in [-0.3, -0.25) is 4.79 Å². The minimum absolute atomic E-state index is 0.0423. The van der Waals surface area contributed by atoms with Gasteiger partial charge in [-0.25, -0.2) is 13.8 Å². The van der Waals surface area contributed by atoms with E-state index in [0.29, 0.717) is 0 Å². The molecule has 0 unspecified atom stereocenters. The predicted octanol–water partition coefficient (Wildman–Crippen LogP) is 2.61. The molecule has 1 heterocycles. The van der Waals surface area contributed by atoms with Crippen molar-refractivity contribution < 1.29 is 18.7 Å². The zero-order chi connectivity index (χ0) is 11.6. The van der Waals surface area contributed by atoms with Crippen molar-refractivity contribution in [1.29, 1.82) is 0 Å². The van der Waals surface area contributed by atoms with Crippen LogP contribution in [0.3, 0.4) is 0 Å². The highest BCUT2D eigenvalue weighted by Gasteiger charge is 2.18. The van der Waals surface area contributed by atoms with Crippen LogP contribution in [0.2, 0.25) is 5.15 Å². The van der Waals surface area contributed by atoms with Crippen molar-refractivity contribution in [3.63, 3.8) is 0 Å². The van der Waals surface area contributed by atoms with Gasteiger partial charge in [0.15, 0.2) is 0 Å². The number of hydrogen-bond acceptors (Lipinski definition) is 2. The van der Waals surface area contributed by atoms with Gasteiger partial charge in [0.25, 0.3) is 6.43 Å². The molecule has 0 amide bonds. The van der Waals surface area contributed by atoms with Crippen LogP contribution in [0.4, 0.5) is 8.78 Å². The van der Waals surface area contributed by atoms with E-state index in [1.807, 2.05) is 0 Å². The summed E-state index contributed by atoms with van der Waals surface area (Å²) in [4.78, 5) is 14.0. The van der Waals surface area contributed by atoms with Crippen molar-refractivity contribution in [2.75, 3.05) is 0 Å². The van der Waals surface area contributed by atoms with Crippen molar-refractivity contribution in [2.24, 2.45) is 0 Å². The largest absolute Gasteiger partial charge is 0.481 e. The summed E-state index contributed by atoms with van der Waals surface area (Å²) in [5.41, 5.74) is 0.0463. The Kier molecular flexibility index (Phi) is 3.57. The Labute approximate surface area is 89.7 Å². The van der Waals surface area contributed by atoms with Gasteiger partial charge in [-0.2, -0.15) is 0 Å². The summed E-state index contributed by atoms with van der Waals surface area (Å²) < 4.78 is 24.9. The van der Waals surface area contributed by atoms with Crippen LogP contribution in [0.5, 0.6) is 0 Å². The first-order chi connectivity index (χ1) is 6.93. The van der Waals surface area contributed by atoms with E-state index >= 15 is 0 Å². The molecule has 6 heteroatoms. The standard InChI is InChI=1S/C9H8ClF2NO2/c1-4-5(2-7(14)15)8(10)13-3-6(4)9(11)12/h3,9H,2H2,1H3,(H,14,15). The van der Waals surface area contributed by atoms with Gasteiger partial charge >= 0.3 is 5.97 Å². The Hall–Kier alpha value is -1.23. The van der Waals surface area contributed by atoms with Crippen LogP contribution in [0, 0.1) is 6.92 Å². The Morgan fingerprint density at radius 3 is 2.73 bits per heavy atom. The number of pyridine rings is 1. The van der Waals surface area contributed by atoms with E-state index in [1.54, 1.807) is 0 Å². The SMILES string of the molecule is Cc1c(C(F)F)cnc(Cl)c1CC(=O)O. The molecular weight excluding hydrogens is 228 g/mol. The van der Waals surface area contributed by atoms with E-state index in [9.17, 15) is 13.6 Å². The highest BCUT2D eigenvalue weighted by molar-refractivity contribution is 6.30. The van der Waals surface area contributed by atoms with E-state index in [4.69, 9.17) is 16.7 Å². The van der Waals surface area contributed by atoms with Crippen molar-refractivity contribution in [3.05, 3.63) is 28.0 Å². The number of hydrogen-bond donors (Lipinski definition) is 1. The Morgan fingerprint density at radius 2 is 2.27 bits per heavy atom. The average molecular weight is 236 g/mol. The van der Waals surface area contributed by atoms with E-state index in [2.05, 4.69) is 4.98 Å². The van der Waals surface area contributed by atoms with Gasteiger partial charge < -0.3 is 5.11 Å². The van der Waals surface area contributed by atoms with Gasteiger partial charge in [0.2, 0.25) is 0 Å². The molecular formula is C9H8ClF2NO2. The summed E-state index contributed by atoms with van der Waals surface area (Å²) >= 11 is 5.63. The molecule has 0 radical (unpaired) electrons. The summed E-state index contributed by atoms with van der Waals surface area (Å²) in [6, 6.07) is 0. The van der Waals surface area contributed by atoms with Crippen molar-refractivity contribution >= 4 is 17.6 Å². The number of carboxylic acids is 1. The van der Waals surface area contributed by atoms with Crippen LogP contribution in [-0.2, 0) is 11.2 Å². The second kappa shape index (κ2) is 4.53. The lowest BCUT2D eigenvalue weighted by Crippen LogP contribution is -2.06. The summed E-state index contributed by atoms with van der Waals surface area (Å²) in [6.07, 6.45) is -2.12. The third-order valence-corrected chi connectivity index (χ3v) is 2.34. The van der Waals surface area contributed by atoms with E-state index in [0.717, 1.165) is 6.20 Å². The van der Waals surface area contributed by atoms with Crippen molar-refractivity contribution in [2.45, 2.75) is 19.8 Å². The first-order valence-corrected chi connectivity index (χ1v) is 4.45. The second-order valence-corrected chi connectivity index (χ2v) is 3.34. The molecule has 0 aliphatic rings. The molecule has 1 N–H and O–H groups in total. The summed E-state index contributed by atoms with van der Waals surface area (Å²) in [7, 11) is 0. The van der Waals surface area contributed by atoms with Gasteiger partial charge in [-0.15, -0.1) is 0 Å². The molecule has 1 rings (SSSR count). The first-order valence-electron chi connectivity index (χ1n) is 4.07. The number of aliphatic carboxylic acids is 1. The van der Waals surface area contributed by atoms with E-state index < -0.39 is 18.8 Å². The van der Waals surface area contributed by atoms with Crippen LogP contribution in [0.25, 0.3) is 0 Å². The van der Waals surface area contributed by atoms with Crippen molar-refractivity contribution in [3.8, 4) is 0 Å². The molecule has 1 aromatic rings. The molecule has 0 saturated heterocycles. The molecule has 0 aliphatic carbocycles. The number of carbonyl (C=O) groups is 1. The lowest BCUT2D eigenvalue weighted by Gasteiger charge is -2.10. The molecule has 0 aliphatic heterocycles. The fourth-order valence-corrected chi connectivity index (χ4v) is 1.46. The van der Waals surface area contributed by atoms with Crippen LogP contribution in [-0.4, -0.2) is 16.1 Å². The number of halogens is 3. The summed E-state index contributed by atoms with van der Waals surface area (Å²) in [5.74, 6) is -1.13. The Morgan fingerprint density at radius 1 is 1.67 bits per heavy atom. The number of alkyl halides is 2. The lowest BCUT2D eigenvalue weighted by molar-refractivity contribution is -0.136. The molecule has 0 spiro atoms. The van der Waals surface area contributed by atoms with Crippen LogP contribution >= 0.6 is 11.6 Å². The molecule has 82 valence electrons. The average Bonchev–Trinajstić information content (AvgIpc) is 2.11. The minimum Gasteiger partial charge on any atom is -0.481 e. The molecule has 0 fully saturated rings. The zero-order valence-corrected chi connectivity index (χ0v) is 8.55. The van der Waals surface area contributed by atoms with Gasteiger partial charge in [-0.05, 0) is 12.5 Å². The molecule has 0 atom stereocenters. The van der Waals surface area contributed by atoms with Gasteiger partial charge in [0, 0.05) is 17.3 Å². The van der Waals surface area contributed by atoms with Crippen LogP contribution in [0.1, 0.15) is 23.1 Å². The van der Waals surface area contributed by atoms with E-state index in [-0.39, 0.29) is 21.8 Å². The molecule has 0 bridgehead atoms. The number of carboxylic acid groups (broad SMARTS) is 1. The van der Waals surface area contributed by atoms with Gasteiger partial charge in [0.05, 0.1) is 6.42 Å². The molecule has 0 saturated carbocycles. The predicted molar refractivity (Wildman–Crippen MR) is 50.3 cm³/mol. The maximum atomic E-state index is 12.4. The molecule has 1 aromatic heterocycles. The van der Waals surface area contributed by atoms with Crippen LogP contribution in [0.15, 0.2) is 6.20 Å². The maximum Gasteiger partial charge on any atom is 0.307 e. The van der Waals surface area contributed by atoms with Gasteiger partial charge in [0.1, 0.15) is 5.15 Å².